The van der Waals surface area contributed by atoms with E-state index in [9.17, 15) is 4.79 Å². The molecular formula is C15H29N3O. The molecule has 0 aromatic heterocycles. The van der Waals surface area contributed by atoms with Crippen molar-refractivity contribution in [2.45, 2.75) is 64.0 Å². The number of nitrogens with one attached hydrogen (secondary N) is 1. The topological polar surface area (TPSA) is 58.4 Å². The van der Waals surface area contributed by atoms with Gasteiger partial charge in [-0.3, -0.25) is 9.69 Å². The first kappa shape index (κ1) is 14.8. The minimum absolute atomic E-state index is 0.180. The number of carbonyl (C=O) groups is 1. The van der Waals surface area contributed by atoms with E-state index in [1.165, 1.54) is 38.5 Å². The van der Waals surface area contributed by atoms with Crippen LogP contribution in [0.2, 0.25) is 0 Å². The summed E-state index contributed by atoms with van der Waals surface area (Å²) >= 11 is 0. The number of likely N-dealkylation sites (tertiary alicyclic amines) is 1. The van der Waals surface area contributed by atoms with Gasteiger partial charge in [-0.1, -0.05) is 19.8 Å². The van der Waals surface area contributed by atoms with Crippen molar-refractivity contribution < 1.29 is 4.79 Å². The van der Waals surface area contributed by atoms with Crippen LogP contribution in [0.5, 0.6) is 0 Å². The first-order valence-electron chi connectivity index (χ1n) is 7.99. The predicted octanol–water partition coefficient (Wildman–Crippen LogP) is 1.49. The lowest BCUT2D eigenvalue weighted by atomic mass is 9.78. The Balaban J connectivity index is 1.92. The summed E-state index contributed by atoms with van der Waals surface area (Å²) in [4.78, 5) is 14.1. The molecule has 3 atom stereocenters. The molecule has 1 saturated heterocycles. The summed E-state index contributed by atoms with van der Waals surface area (Å²) < 4.78 is 0. The summed E-state index contributed by atoms with van der Waals surface area (Å²) in [5, 5.41) is 3.30. The van der Waals surface area contributed by atoms with Crippen molar-refractivity contribution in [3.8, 4) is 0 Å². The molecule has 4 nitrogen and oxygen atoms in total. The van der Waals surface area contributed by atoms with E-state index in [-0.39, 0.29) is 11.9 Å². The number of hydrogen-bond acceptors (Lipinski definition) is 3. The number of rotatable bonds is 6. The average molecular weight is 267 g/mol. The lowest BCUT2D eigenvalue weighted by molar-refractivity contribution is -0.121. The second-order valence-electron chi connectivity index (χ2n) is 6.16. The molecule has 2 fully saturated rings. The van der Waals surface area contributed by atoms with Gasteiger partial charge >= 0.3 is 0 Å². The van der Waals surface area contributed by atoms with Crippen LogP contribution in [0.25, 0.3) is 0 Å². The lowest BCUT2D eigenvalue weighted by Gasteiger charge is -2.45. The smallest absolute Gasteiger partial charge is 0.235 e. The van der Waals surface area contributed by atoms with Crippen molar-refractivity contribution in [1.29, 1.82) is 0 Å². The van der Waals surface area contributed by atoms with E-state index in [1.54, 1.807) is 0 Å². The van der Waals surface area contributed by atoms with Gasteiger partial charge in [0.2, 0.25) is 5.91 Å². The molecule has 4 heteroatoms. The fourth-order valence-corrected chi connectivity index (χ4v) is 3.76. The van der Waals surface area contributed by atoms with E-state index in [2.05, 4.69) is 17.1 Å². The normalized spacial score (nSPS) is 29.7. The third kappa shape index (κ3) is 3.93. The summed E-state index contributed by atoms with van der Waals surface area (Å²) in [6, 6.07) is 0.522. The third-order valence-electron chi connectivity index (χ3n) is 4.76. The van der Waals surface area contributed by atoms with Crippen LogP contribution in [-0.4, -0.2) is 42.5 Å². The highest BCUT2D eigenvalue weighted by Gasteiger charge is 2.34. The number of piperidine rings is 1. The number of primary amides is 1. The van der Waals surface area contributed by atoms with Gasteiger partial charge in [-0.05, 0) is 51.1 Å². The van der Waals surface area contributed by atoms with E-state index < -0.39 is 0 Å². The Morgan fingerprint density at radius 1 is 1.32 bits per heavy atom. The molecule has 0 radical (unpaired) electrons. The predicted molar refractivity (Wildman–Crippen MR) is 77.8 cm³/mol. The van der Waals surface area contributed by atoms with Gasteiger partial charge in [0.15, 0.2) is 0 Å². The molecular weight excluding hydrogens is 238 g/mol. The Hall–Kier alpha value is -0.610. The minimum atomic E-state index is -0.202. The van der Waals surface area contributed by atoms with E-state index >= 15 is 0 Å². The van der Waals surface area contributed by atoms with E-state index in [1.807, 2.05) is 0 Å². The van der Waals surface area contributed by atoms with Crippen LogP contribution < -0.4 is 11.1 Å². The number of carbonyl (C=O) groups excluding carboxylic acids is 1. The van der Waals surface area contributed by atoms with Gasteiger partial charge in [0.1, 0.15) is 0 Å². The van der Waals surface area contributed by atoms with Crippen LogP contribution in [0.15, 0.2) is 0 Å². The largest absolute Gasteiger partial charge is 0.368 e. The average Bonchev–Trinajstić information content (AvgIpc) is 2.43. The summed E-state index contributed by atoms with van der Waals surface area (Å²) in [5.74, 6) is 0.661. The van der Waals surface area contributed by atoms with E-state index in [4.69, 9.17) is 5.73 Å². The second kappa shape index (κ2) is 7.25. The zero-order valence-corrected chi connectivity index (χ0v) is 12.2. The molecule has 0 bridgehead atoms. The minimum Gasteiger partial charge on any atom is -0.368 e. The molecule has 2 rings (SSSR count). The van der Waals surface area contributed by atoms with Gasteiger partial charge in [-0.25, -0.2) is 0 Å². The van der Waals surface area contributed by atoms with Crippen molar-refractivity contribution in [2.24, 2.45) is 11.7 Å². The number of fused-ring (bicyclic) bond motifs is 1. The Kier molecular flexibility index (Phi) is 5.64. The molecule has 1 unspecified atom stereocenters. The zero-order chi connectivity index (χ0) is 13.7. The van der Waals surface area contributed by atoms with Crippen LogP contribution in [0.1, 0.15) is 51.9 Å². The Labute approximate surface area is 117 Å². The van der Waals surface area contributed by atoms with Gasteiger partial charge in [0.05, 0.1) is 6.04 Å². The Bertz CT molecular complexity index is 293. The first-order valence-corrected chi connectivity index (χ1v) is 7.99. The van der Waals surface area contributed by atoms with Crippen LogP contribution in [-0.2, 0) is 4.79 Å². The molecule has 19 heavy (non-hydrogen) atoms. The summed E-state index contributed by atoms with van der Waals surface area (Å²) in [5.41, 5.74) is 5.53. The monoisotopic (exact) mass is 267 g/mol. The van der Waals surface area contributed by atoms with E-state index in [0.29, 0.717) is 6.04 Å². The highest BCUT2D eigenvalue weighted by Crippen LogP contribution is 2.35. The summed E-state index contributed by atoms with van der Waals surface area (Å²) in [7, 11) is 0. The molecule has 1 amide bonds. The second-order valence-corrected chi connectivity index (χ2v) is 6.16. The molecule has 1 aliphatic carbocycles. The molecule has 0 spiro atoms. The summed E-state index contributed by atoms with van der Waals surface area (Å²) in [6.07, 6.45) is 9.12. The number of nitrogens with two attached hydrogens (primary N) is 1. The number of nitrogens with zero attached hydrogens (tertiary/aromatic N) is 1. The maximum absolute atomic E-state index is 11.6. The number of hydrogen-bond donors (Lipinski definition) is 2. The molecule has 1 heterocycles. The first-order chi connectivity index (χ1) is 9.22. The maximum Gasteiger partial charge on any atom is 0.235 e. The fourth-order valence-electron chi connectivity index (χ4n) is 3.76. The molecule has 0 aromatic rings. The summed E-state index contributed by atoms with van der Waals surface area (Å²) in [6.45, 7) is 4.92. The standard InChI is InChI=1S/C15H29N3O/c1-2-9-17-13(15(16)19)11-18-10-5-7-12-6-3-4-8-14(12)18/h12-14,17H,2-11H2,1H3,(H2,16,19)/t12-,13?,14-/m1/s1. The molecule has 0 aromatic carbocycles. The van der Waals surface area contributed by atoms with E-state index in [0.717, 1.165) is 32.0 Å². The van der Waals surface area contributed by atoms with Crippen molar-refractivity contribution in [2.75, 3.05) is 19.6 Å². The van der Waals surface area contributed by atoms with Gasteiger partial charge in [-0.2, -0.15) is 0 Å². The van der Waals surface area contributed by atoms with Gasteiger partial charge in [-0.15, -0.1) is 0 Å². The van der Waals surface area contributed by atoms with Crippen molar-refractivity contribution in [3.05, 3.63) is 0 Å². The van der Waals surface area contributed by atoms with Crippen LogP contribution in [0.4, 0.5) is 0 Å². The molecule has 110 valence electrons. The van der Waals surface area contributed by atoms with Crippen LogP contribution in [0, 0.1) is 5.92 Å². The lowest BCUT2D eigenvalue weighted by Crippen LogP contribution is -2.55. The van der Waals surface area contributed by atoms with Gasteiger partial charge in [0, 0.05) is 12.6 Å². The highest BCUT2D eigenvalue weighted by molar-refractivity contribution is 5.80. The van der Waals surface area contributed by atoms with Crippen LogP contribution >= 0.6 is 0 Å². The maximum atomic E-state index is 11.6. The van der Waals surface area contributed by atoms with Crippen molar-refractivity contribution >= 4 is 5.91 Å². The zero-order valence-electron chi connectivity index (χ0n) is 12.2. The Morgan fingerprint density at radius 3 is 2.79 bits per heavy atom. The number of amides is 1. The third-order valence-corrected chi connectivity index (χ3v) is 4.76. The van der Waals surface area contributed by atoms with Crippen molar-refractivity contribution in [3.63, 3.8) is 0 Å². The quantitative estimate of drug-likeness (QED) is 0.766. The van der Waals surface area contributed by atoms with Crippen molar-refractivity contribution in [1.82, 2.24) is 10.2 Å². The SMILES string of the molecule is CCCNC(CN1CCC[C@H]2CCCC[C@H]21)C(N)=O. The van der Waals surface area contributed by atoms with Crippen LogP contribution in [0.3, 0.4) is 0 Å². The van der Waals surface area contributed by atoms with Gasteiger partial charge < -0.3 is 11.1 Å². The molecule has 1 saturated carbocycles. The highest BCUT2D eigenvalue weighted by atomic mass is 16.1. The van der Waals surface area contributed by atoms with Gasteiger partial charge in [0.25, 0.3) is 0 Å². The fraction of sp³-hybridized carbons (Fsp3) is 0.933. The molecule has 1 aliphatic heterocycles. The molecule has 2 aliphatic rings. The Morgan fingerprint density at radius 2 is 2.05 bits per heavy atom. The molecule has 3 N–H and O–H groups in total.